The van der Waals surface area contributed by atoms with Crippen LogP contribution >= 0.6 is 0 Å². The smallest absolute Gasteiger partial charge is 0.306 e. The van der Waals surface area contributed by atoms with Crippen molar-refractivity contribution >= 4 is 17.9 Å². The van der Waals surface area contributed by atoms with Gasteiger partial charge in [-0.1, -0.05) is 221 Å². The zero-order valence-electron chi connectivity index (χ0n) is 42.2. The molecule has 65 heavy (non-hydrogen) atoms. The maximum absolute atomic E-state index is 12.7. The van der Waals surface area contributed by atoms with Crippen molar-refractivity contribution in [3.05, 3.63) is 97.2 Å². The number of allylic oxidation sites excluding steroid dienone is 16. The Bertz CT molecular complexity index is 1310. The van der Waals surface area contributed by atoms with Crippen LogP contribution in [0.15, 0.2) is 97.2 Å². The van der Waals surface area contributed by atoms with Gasteiger partial charge in [0.2, 0.25) is 0 Å². The molecule has 0 saturated heterocycles. The fourth-order valence-corrected chi connectivity index (χ4v) is 7.07. The predicted molar refractivity (Wildman–Crippen MR) is 279 cm³/mol. The highest BCUT2D eigenvalue weighted by Gasteiger charge is 2.19. The lowest BCUT2D eigenvalue weighted by molar-refractivity contribution is -0.167. The molecule has 0 fully saturated rings. The molecule has 0 rings (SSSR count). The molecule has 1 atom stereocenters. The minimum absolute atomic E-state index is 0.0851. The Morgan fingerprint density at radius 1 is 0.323 bits per heavy atom. The first-order valence-corrected chi connectivity index (χ1v) is 26.7. The molecule has 0 aromatic rings. The Labute approximate surface area is 400 Å². The van der Waals surface area contributed by atoms with Crippen molar-refractivity contribution in [3.8, 4) is 0 Å². The Balaban J connectivity index is 4.07. The summed E-state index contributed by atoms with van der Waals surface area (Å²) in [7, 11) is 0. The summed E-state index contributed by atoms with van der Waals surface area (Å²) in [5, 5.41) is 0. The summed E-state index contributed by atoms with van der Waals surface area (Å²) < 4.78 is 16.6. The van der Waals surface area contributed by atoms with Gasteiger partial charge in [-0.3, -0.25) is 14.4 Å². The number of hydrogen-bond donors (Lipinski definition) is 0. The van der Waals surface area contributed by atoms with Crippen LogP contribution in [0, 0.1) is 0 Å². The topological polar surface area (TPSA) is 78.9 Å². The summed E-state index contributed by atoms with van der Waals surface area (Å²) in [4.78, 5) is 37.6. The van der Waals surface area contributed by atoms with Gasteiger partial charge in [0.05, 0.1) is 0 Å². The first-order chi connectivity index (χ1) is 32.0. The van der Waals surface area contributed by atoms with Gasteiger partial charge in [-0.15, -0.1) is 0 Å². The number of esters is 3. The first-order valence-electron chi connectivity index (χ1n) is 26.7. The summed E-state index contributed by atoms with van der Waals surface area (Å²) in [6.07, 6.45) is 70.1. The highest BCUT2D eigenvalue weighted by Crippen LogP contribution is 2.14. The zero-order valence-corrected chi connectivity index (χ0v) is 42.2. The van der Waals surface area contributed by atoms with E-state index < -0.39 is 6.10 Å². The fraction of sp³-hybridized carbons (Fsp3) is 0.678. The summed E-state index contributed by atoms with van der Waals surface area (Å²) in [6, 6.07) is 0. The van der Waals surface area contributed by atoms with Crippen molar-refractivity contribution in [2.45, 2.75) is 245 Å². The van der Waals surface area contributed by atoms with E-state index in [2.05, 4.69) is 118 Å². The molecule has 6 nitrogen and oxygen atoms in total. The number of rotatable bonds is 47. The predicted octanol–water partition coefficient (Wildman–Crippen LogP) is 17.8. The molecule has 0 radical (unpaired) electrons. The molecule has 0 aromatic heterocycles. The van der Waals surface area contributed by atoms with Crippen molar-refractivity contribution in [2.24, 2.45) is 0 Å². The number of hydrogen-bond acceptors (Lipinski definition) is 6. The molecule has 0 aliphatic heterocycles. The van der Waals surface area contributed by atoms with E-state index in [-0.39, 0.29) is 31.1 Å². The fourth-order valence-electron chi connectivity index (χ4n) is 7.07. The molecule has 0 aliphatic carbocycles. The number of ether oxygens (including phenoxy) is 3. The van der Waals surface area contributed by atoms with Crippen LogP contribution in [-0.4, -0.2) is 37.2 Å². The minimum atomic E-state index is -0.782. The van der Waals surface area contributed by atoms with Gasteiger partial charge in [0.1, 0.15) is 13.2 Å². The zero-order chi connectivity index (χ0) is 47.2. The highest BCUT2D eigenvalue weighted by molar-refractivity contribution is 5.71. The Hall–Kier alpha value is -3.67. The molecule has 370 valence electrons. The molecule has 0 spiro atoms. The molecule has 1 unspecified atom stereocenters. The third-order valence-electron chi connectivity index (χ3n) is 11.1. The van der Waals surface area contributed by atoms with Crippen LogP contribution in [0.4, 0.5) is 0 Å². The van der Waals surface area contributed by atoms with Crippen LogP contribution < -0.4 is 0 Å². The van der Waals surface area contributed by atoms with E-state index in [1.54, 1.807) is 0 Å². The van der Waals surface area contributed by atoms with Crippen LogP contribution in [-0.2, 0) is 28.6 Å². The van der Waals surface area contributed by atoms with E-state index in [0.717, 1.165) is 135 Å². The molecule has 0 aliphatic rings. The van der Waals surface area contributed by atoms with E-state index >= 15 is 0 Å². The van der Waals surface area contributed by atoms with Crippen molar-refractivity contribution < 1.29 is 28.6 Å². The molecule has 0 bridgehead atoms. The summed E-state index contributed by atoms with van der Waals surface area (Å²) in [6.45, 7) is 6.35. The highest BCUT2D eigenvalue weighted by atomic mass is 16.6. The van der Waals surface area contributed by atoms with Crippen LogP contribution in [0.25, 0.3) is 0 Å². The van der Waals surface area contributed by atoms with Crippen molar-refractivity contribution in [1.82, 2.24) is 0 Å². The van der Waals surface area contributed by atoms with E-state index in [9.17, 15) is 14.4 Å². The average molecular weight is 903 g/mol. The van der Waals surface area contributed by atoms with E-state index in [4.69, 9.17) is 14.2 Å². The normalized spacial score (nSPS) is 12.8. The maximum Gasteiger partial charge on any atom is 0.306 e. The first kappa shape index (κ1) is 61.3. The summed E-state index contributed by atoms with van der Waals surface area (Å²) in [5.41, 5.74) is 0. The molecule has 0 aromatic carbocycles. The van der Waals surface area contributed by atoms with Crippen LogP contribution in [0.1, 0.15) is 239 Å². The van der Waals surface area contributed by atoms with E-state index in [0.29, 0.717) is 19.3 Å². The van der Waals surface area contributed by atoms with Crippen LogP contribution in [0.2, 0.25) is 0 Å². The van der Waals surface area contributed by atoms with E-state index in [1.807, 2.05) is 0 Å². The monoisotopic (exact) mass is 903 g/mol. The SMILES string of the molecule is CC/C=C\C/C=C\C/C=C\C/C=C\C/C=C\C/C=C\CCCCCCCCCCCCC(=O)OCC(COC(=O)CCCCCCC)OC(=O)CCCCCCC/C=C\C/C=C\CCC. The second-order valence-corrected chi connectivity index (χ2v) is 17.4. The molecular formula is C59H98O6. The number of unbranched alkanes of at least 4 members (excludes halogenated alkanes) is 20. The Kier molecular flexibility index (Phi) is 50.0. The van der Waals surface area contributed by atoms with Gasteiger partial charge in [-0.05, 0) is 96.3 Å². The standard InChI is InChI=1S/C59H98O6/c1-4-7-10-13-15-17-19-21-22-23-24-25-26-27-28-29-30-31-32-33-34-35-36-38-39-41-43-46-49-52-58(61)64-55-56(54-63-57(60)51-48-45-12-9-6-3)65-59(62)53-50-47-44-42-40-37-20-18-16-14-11-8-5-2/h7,10-11,14-15,17-18,20-22,24-25,27-28,30-31,56H,4-6,8-9,12-13,16,19,23,26,29,32-55H2,1-3H3/b10-7-,14-11-,17-15-,20-18-,22-21-,25-24-,28-27-,31-30-. The lowest BCUT2D eigenvalue weighted by Gasteiger charge is -2.18. The van der Waals surface area contributed by atoms with Gasteiger partial charge < -0.3 is 14.2 Å². The molecule has 0 saturated carbocycles. The minimum Gasteiger partial charge on any atom is -0.462 e. The van der Waals surface area contributed by atoms with Gasteiger partial charge >= 0.3 is 17.9 Å². The Morgan fingerprint density at radius 3 is 1.00 bits per heavy atom. The lowest BCUT2D eigenvalue weighted by Crippen LogP contribution is -2.30. The van der Waals surface area contributed by atoms with Gasteiger partial charge in [-0.2, -0.15) is 0 Å². The number of carbonyl (C=O) groups excluding carboxylic acids is 3. The molecule has 0 amide bonds. The van der Waals surface area contributed by atoms with Gasteiger partial charge in [0.15, 0.2) is 6.10 Å². The average Bonchev–Trinajstić information content (AvgIpc) is 3.30. The molecular weight excluding hydrogens is 805 g/mol. The maximum atomic E-state index is 12.7. The third-order valence-corrected chi connectivity index (χ3v) is 11.1. The number of carbonyl (C=O) groups is 3. The summed E-state index contributed by atoms with van der Waals surface area (Å²) >= 11 is 0. The van der Waals surface area contributed by atoms with Gasteiger partial charge in [0, 0.05) is 19.3 Å². The second kappa shape index (κ2) is 52.9. The van der Waals surface area contributed by atoms with Gasteiger partial charge in [-0.25, -0.2) is 0 Å². The van der Waals surface area contributed by atoms with E-state index in [1.165, 1.54) is 64.2 Å². The molecule has 0 heterocycles. The van der Waals surface area contributed by atoms with Crippen LogP contribution in [0.5, 0.6) is 0 Å². The Morgan fingerprint density at radius 2 is 0.631 bits per heavy atom. The largest absolute Gasteiger partial charge is 0.462 e. The van der Waals surface area contributed by atoms with Crippen molar-refractivity contribution in [3.63, 3.8) is 0 Å². The summed E-state index contributed by atoms with van der Waals surface area (Å²) in [5.74, 6) is -0.921. The quantitative estimate of drug-likeness (QED) is 0.0262. The van der Waals surface area contributed by atoms with Crippen LogP contribution in [0.3, 0.4) is 0 Å². The van der Waals surface area contributed by atoms with Crippen molar-refractivity contribution in [2.75, 3.05) is 13.2 Å². The van der Waals surface area contributed by atoms with Crippen molar-refractivity contribution in [1.29, 1.82) is 0 Å². The lowest BCUT2D eigenvalue weighted by atomic mass is 10.1. The second-order valence-electron chi connectivity index (χ2n) is 17.4. The third kappa shape index (κ3) is 51.2. The molecule has 0 N–H and O–H groups in total. The van der Waals surface area contributed by atoms with Gasteiger partial charge in [0.25, 0.3) is 0 Å². The molecule has 6 heteroatoms.